The SMILES string of the molecule is Bc1cc(NC(C)C)ccc1OC. The van der Waals surface area contributed by atoms with Crippen LogP contribution in [0.25, 0.3) is 0 Å². The van der Waals surface area contributed by atoms with Crippen molar-refractivity contribution in [3.8, 4) is 5.75 Å². The van der Waals surface area contributed by atoms with Crippen LogP contribution in [0.3, 0.4) is 0 Å². The molecule has 0 radical (unpaired) electrons. The minimum Gasteiger partial charge on any atom is -0.497 e. The van der Waals surface area contributed by atoms with Crippen LogP contribution < -0.4 is 15.5 Å². The molecule has 0 aliphatic carbocycles. The molecule has 0 saturated carbocycles. The molecule has 0 saturated heterocycles. The maximum Gasteiger partial charge on any atom is 0.144 e. The van der Waals surface area contributed by atoms with Crippen molar-refractivity contribution in [2.24, 2.45) is 0 Å². The number of hydrogen-bond donors (Lipinski definition) is 1. The maximum atomic E-state index is 5.18. The van der Waals surface area contributed by atoms with Crippen molar-refractivity contribution < 1.29 is 4.74 Å². The Hall–Kier alpha value is -1.12. The van der Waals surface area contributed by atoms with Crippen molar-refractivity contribution in [2.45, 2.75) is 19.9 Å². The van der Waals surface area contributed by atoms with Gasteiger partial charge < -0.3 is 10.1 Å². The predicted octanol–water partition coefficient (Wildman–Crippen LogP) is 0.774. The number of rotatable bonds is 3. The van der Waals surface area contributed by atoms with E-state index in [0.29, 0.717) is 6.04 Å². The first-order valence-corrected chi connectivity index (χ1v) is 4.54. The monoisotopic (exact) mass is 177 g/mol. The van der Waals surface area contributed by atoms with Crippen LogP contribution >= 0.6 is 0 Å². The zero-order valence-electron chi connectivity index (χ0n) is 8.72. The molecule has 1 N–H and O–H groups in total. The Kier molecular flexibility index (Phi) is 3.23. The summed E-state index contributed by atoms with van der Waals surface area (Å²) >= 11 is 0. The zero-order valence-corrected chi connectivity index (χ0v) is 8.72. The van der Waals surface area contributed by atoms with Crippen LogP contribution in [0.2, 0.25) is 0 Å². The van der Waals surface area contributed by atoms with Gasteiger partial charge in [0.15, 0.2) is 0 Å². The summed E-state index contributed by atoms with van der Waals surface area (Å²) in [6, 6.07) is 6.58. The van der Waals surface area contributed by atoms with Crippen LogP contribution in [0.4, 0.5) is 5.69 Å². The first-order valence-electron chi connectivity index (χ1n) is 4.54. The summed E-state index contributed by atoms with van der Waals surface area (Å²) in [6.07, 6.45) is 0. The topological polar surface area (TPSA) is 21.3 Å². The molecule has 1 aromatic rings. The van der Waals surface area contributed by atoms with E-state index in [1.807, 2.05) is 20.0 Å². The van der Waals surface area contributed by atoms with Gasteiger partial charge in [-0.1, -0.05) is 0 Å². The van der Waals surface area contributed by atoms with Crippen molar-refractivity contribution in [3.63, 3.8) is 0 Å². The van der Waals surface area contributed by atoms with E-state index in [0.717, 1.165) is 16.9 Å². The van der Waals surface area contributed by atoms with Gasteiger partial charge in [-0.3, -0.25) is 0 Å². The van der Waals surface area contributed by atoms with Crippen molar-refractivity contribution in [2.75, 3.05) is 12.4 Å². The highest BCUT2D eigenvalue weighted by Gasteiger charge is 1.99. The van der Waals surface area contributed by atoms with Gasteiger partial charge >= 0.3 is 0 Å². The summed E-state index contributed by atoms with van der Waals surface area (Å²) in [7, 11) is 3.74. The fourth-order valence-electron chi connectivity index (χ4n) is 1.30. The van der Waals surface area contributed by atoms with Gasteiger partial charge in [-0.25, -0.2) is 0 Å². The van der Waals surface area contributed by atoms with Crippen LogP contribution in [-0.4, -0.2) is 21.0 Å². The molecule has 0 aromatic heterocycles. The molecule has 0 bridgehead atoms. The Morgan fingerprint density at radius 3 is 2.54 bits per heavy atom. The van der Waals surface area contributed by atoms with Crippen molar-refractivity contribution in [1.82, 2.24) is 0 Å². The van der Waals surface area contributed by atoms with Gasteiger partial charge in [0.25, 0.3) is 0 Å². The predicted molar refractivity (Wildman–Crippen MR) is 59.9 cm³/mol. The van der Waals surface area contributed by atoms with E-state index in [1.54, 1.807) is 7.11 Å². The lowest BCUT2D eigenvalue weighted by Crippen LogP contribution is -2.13. The van der Waals surface area contributed by atoms with Gasteiger partial charge in [0.2, 0.25) is 0 Å². The van der Waals surface area contributed by atoms with Crippen molar-refractivity contribution >= 4 is 19.0 Å². The largest absolute Gasteiger partial charge is 0.497 e. The second kappa shape index (κ2) is 4.22. The number of nitrogens with one attached hydrogen (secondary N) is 1. The highest BCUT2D eigenvalue weighted by molar-refractivity contribution is 6.34. The van der Waals surface area contributed by atoms with Crippen LogP contribution in [-0.2, 0) is 0 Å². The minimum absolute atomic E-state index is 0.466. The smallest absolute Gasteiger partial charge is 0.144 e. The normalized spacial score (nSPS) is 10.2. The third kappa shape index (κ3) is 2.69. The molecule has 0 aliphatic rings. The summed E-state index contributed by atoms with van der Waals surface area (Å²) in [5.74, 6) is 0.939. The number of ether oxygens (including phenoxy) is 1. The molecule has 0 heterocycles. The van der Waals surface area contributed by atoms with E-state index in [2.05, 4.69) is 25.2 Å². The first kappa shape index (κ1) is 9.97. The minimum atomic E-state index is 0.466. The molecule has 70 valence electrons. The lowest BCUT2D eigenvalue weighted by molar-refractivity contribution is 0.418. The lowest BCUT2D eigenvalue weighted by Gasteiger charge is -2.12. The summed E-state index contributed by atoms with van der Waals surface area (Å²) in [4.78, 5) is 0. The fraction of sp³-hybridized carbons (Fsp3) is 0.400. The van der Waals surface area contributed by atoms with Gasteiger partial charge in [0, 0.05) is 11.7 Å². The van der Waals surface area contributed by atoms with Crippen LogP contribution in [0.5, 0.6) is 5.75 Å². The van der Waals surface area contributed by atoms with Crippen LogP contribution in [0.1, 0.15) is 13.8 Å². The number of benzene rings is 1. The Morgan fingerprint density at radius 1 is 1.38 bits per heavy atom. The molecule has 3 heteroatoms. The van der Waals surface area contributed by atoms with E-state index in [-0.39, 0.29) is 0 Å². The van der Waals surface area contributed by atoms with E-state index < -0.39 is 0 Å². The highest BCUT2D eigenvalue weighted by Crippen LogP contribution is 2.12. The van der Waals surface area contributed by atoms with Crippen molar-refractivity contribution in [3.05, 3.63) is 18.2 Å². The number of hydrogen-bond acceptors (Lipinski definition) is 2. The average molecular weight is 177 g/mol. The summed E-state index contributed by atoms with van der Waals surface area (Å²) < 4.78 is 5.18. The van der Waals surface area contributed by atoms with E-state index in [4.69, 9.17) is 4.74 Å². The van der Waals surface area contributed by atoms with Crippen molar-refractivity contribution in [1.29, 1.82) is 0 Å². The Labute approximate surface area is 80.7 Å². The Bertz CT molecular complexity index is 286. The molecule has 0 aliphatic heterocycles. The zero-order chi connectivity index (χ0) is 9.84. The summed E-state index contributed by atoms with van der Waals surface area (Å²) in [5, 5.41) is 3.34. The van der Waals surface area contributed by atoms with E-state index in [1.165, 1.54) is 0 Å². The highest BCUT2D eigenvalue weighted by atomic mass is 16.5. The molecule has 13 heavy (non-hydrogen) atoms. The summed E-state index contributed by atoms with van der Waals surface area (Å²) in [6.45, 7) is 4.25. The van der Waals surface area contributed by atoms with Gasteiger partial charge in [-0.15, -0.1) is 0 Å². The molecule has 1 aromatic carbocycles. The number of anilines is 1. The van der Waals surface area contributed by atoms with Crippen LogP contribution in [0, 0.1) is 0 Å². The Morgan fingerprint density at radius 2 is 2.08 bits per heavy atom. The first-order chi connectivity index (χ1) is 6.13. The van der Waals surface area contributed by atoms with Gasteiger partial charge in [-0.2, -0.15) is 0 Å². The van der Waals surface area contributed by atoms with E-state index in [9.17, 15) is 0 Å². The second-order valence-electron chi connectivity index (χ2n) is 3.48. The fourth-order valence-corrected chi connectivity index (χ4v) is 1.30. The van der Waals surface area contributed by atoms with E-state index >= 15 is 0 Å². The summed E-state index contributed by atoms with van der Waals surface area (Å²) in [5.41, 5.74) is 2.31. The molecule has 2 nitrogen and oxygen atoms in total. The standard InChI is InChI=1S/C10H16BNO/c1-7(2)12-8-4-5-10(13-3)9(11)6-8/h4-7,12H,11H2,1-3H3. The molecule has 0 amide bonds. The molecule has 0 fully saturated rings. The average Bonchev–Trinajstić information content (AvgIpc) is 2.03. The molecule has 0 spiro atoms. The quantitative estimate of drug-likeness (QED) is 0.688. The maximum absolute atomic E-state index is 5.18. The molecule has 1 rings (SSSR count). The number of methoxy groups -OCH3 is 1. The molecule has 0 unspecified atom stereocenters. The second-order valence-corrected chi connectivity index (χ2v) is 3.48. The Balaban J connectivity index is 2.83. The lowest BCUT2D eigenvalue weighted by atomic mass is 9.94. The van der Waals surface area contributed by atoms with Gasteiger partial charge in [0.1, 0.15) is 13.6 Å². The third-order valence-electron chi connectivity index (χ3n) is 1.85. The van der Waals surface area contributed by atoms with Gasteiger partial charge in [0.05, 0.1) is 7.11 Å². The molecular weight excluding hydrogens is 161 g/mol. The third-order valence-corrected chi connectivity index (χ3v) is 1.85. The van der Waals surface area contributed by atoms with Gasteiger partial charge in [-0.05, 0) is 37.5 Å². The molecular formula is C10H16BNO. The van der Waals surface area contributed by atoms with Crippen LogP contribution in [0.15, 0.2) is 18.2 Å². The molecule has 0 atom stereocenters.